The van der Waals surface area contributed by atoms with E-state index >= 15 is 0 Å². The third-order valence-electron chi connectivity index (χ3n) is 3.29. The normalized spacial score (nSPS) is 22.8. The topological polar surface area (TPSA) is 58.6 Å². The number of carbonyl (C=O) groups is 2. The van der Waals surface area contributed by atoms with Gasteiger partial charge >= 0.3 is 0 Å². The molecule has 0 saturated carbocycles. The molecule has 1 rings (SSSR count). The Morgan fingerprint density at radius 3 is 2.94 bits per heavy atom. The van der Waals surface area contributed by atoms with Crippen LogP contribution in [0.3, 0.4) is 0 Å². The lowest BCUT2D eigenvalue weighted by atomic mass is 9.94. The number of hydrogen-bond donors (Lipinski definition) is 1. The van der Waals surface area contributed by atoms with Crippen LogP contribution in [0.4, 0.5) is 0 Å². The van der Waals surface area contributed by atoms with Crippen LogP contribution in [0.1, 0.15) is 26.7 Å². The molecule has 1 aliphatic heterocycles. The summed E-state index contributed by atoms with van der Waals surface area (Å²) in [6, 6.07) is 0.0240. The summed E-state index contributed by atoms with van der Waals surface area (Å²) >= 11 is 0. The lowest BCUT2D eigenvalue weighted by Gasteiger charge is -2.30. The minimum absolute atomic E-state index is 0.00347. The summed E-state index contributed by atoms with van der Waals surface area (Å²) < 4.78 is 4.97. The molecule has 104 valence electrons. The second-order valence-electron chi connectivity index (χ2n) is 4.98. The first kappa shape index (κ1) is 15.1. The summed E-state index contributed by atoms with van der Waals surface area (Å²) in [5, 5.41) is 2.88. The second kappa shape index (κ2) is 7.48. The zero-order valence-electron chi connectivity index (χ0n) is 11.6. The van der Waals surface area contributed by atoms with Crippen molar-refractivity contribution in [2.75, 3.05) is 33.4 Å². The molecule has 1 amide bonds. The average molecular weight is 256 g/mol. The van der Waals surface area contributed by atoms with Gasteiger partial charge in [0.1, 0.15) is 5.78 Å². The van der Waals surface area contributed by atoms with Crippen molar-refractivity contribution in [1.82, 2.24) is 10.2 Å². The fraction of sp³-hybridized carbons (Fsp3) is 0.846. The molecule has 0 aromatic carbocycles. The number of carbonyl (C=O) groups excluding carboxylic acids is 2. The first-order chi connectivity index (χ1) is 8.56. The summed E-state index contributed by atoms with van der Waals surface area (Å²) in [6.07, 6.45) is 1.43. The van der Waals surface area contributed by atoms with Crippen LogP contribution in [-0.4, -0.2) is 56.0 Å². The zero-order valence-corrected chi connectivity index (χ0v) is 11.6. The molecule has 5 heteroatoms. The van der Waals surface area contributed by atoms with Gasteiger partial charge in [0.25, 0.3) is 0 Å². The van der Waals surface area contributed by atoms with Crippen molar-refractivity contribution in [2.45, 2.75) is 32.7 Å². The molecule has 1 aliphatic rings. The number of methoxy groups -OCH3 is 1. The van der Waals surface area contributed by atoms with Crippen LogP contribution >= 0.6 is 0 Å². The summed E-state index contributed by atoms with van der Waals surface area (Å²) in [5.41, 5.74) is 0. The summed E-state index contributed by atoms with van der Waals surface area (Å²) in [6.45, 7) is 6.23. The van der Waals surface area contributed by atoms with Gasteiger partial charge in [0.2, 0.25) is 5.91 Å². The number of amides is 1. The van der Waals surface area contributed by atoms with E-state index in [0.717, 1.165) is 6.42 Å². The van der Waals surface area contributed by atoms with Gasteiger partial charge in [-0.25, -0.2) is 0 Å². The maximum atomic E-state index is 11.8. The highest BCUT2D eigenvalue weighted by atomic mass is 16.5. The molecule has 2 unspecified atom stereocenters. The van der Waals surface area contributed by atoms with Crippen molar-refractivity contribution in [3.8, 4) is 0 Å². The summed E-state index contributed by atoms with van der Waals surface area (Å²) in [4.78, 5) is 25.4. The van der Waals surface area contributed by atoms with Gasteiger partial charge in [0.15, 0.2) is 0 Å². The number of nitrogens with one attached hydrogen (secondary N) is 1. The van der Waals surface area contributed by atoms with E-state index in [2.05, 4.69) is 10.2 Å². The molecule has 5 nitrogen and oxygen atoms in total. The van der Waals surface area contributed by atoms with Crippen molar-refractivity contribution in [1.29, 1.82) is 0 Å². The molecule has 0 bridgehead atoms. The Morgan fingerprint density at radius 2 is 2.33 bits per heavy atom. The fourth-order valence-electron chi connectivity index (χ4n) is 2.29. The first-order valence-electron chi connectivity index (χ1n) is 6.60. The van der Waals surface area contributed by atoms with Crippen molar-refractivity contribution >= 4 is 11.7 Å². The van der Waals surface area contributed by atoms with E-state index in [-0.39, 0.29) is 17.9 Å². The van der Waals surface area contributed by atoms with Crippen LogP contribution in [0, 0.1) is 5.92 Å². The first-order valence-corrected chi connectivity index (χ1v) is 6.60. The van der Waals surface area contributed by atoms with Crippen LogP contribution in [0.2, 0.25) is 0 Å². The molecular weight excluding hydrogens is 232 g/mol. The Morgan fingerprint density at radius 1 is 1.61 bits per heavy atom. The van der Waals surface area contributed by atoms with Gasteiger partial charge in [-0.05, 0) is 13.3 Å². The Kier molecular flexibility index (Phi) is 6.29. The fourth-order valence-corrected chi connectivity index (χ4v) is 2.29. The van der Waals surface area contributed by atoms with Gasteiger partial charge in [0, 0.05) is 38.6 Å². The van der Waals surface area contributed by atoms with E-state index in [0.29, 0.717) is 38.4 Å². The minimum atomic E-state index is 0.00347. The van der Waals surface area contributed by atoms with Crippen molar-refractivity contribution in [2.24, 2.45) is 5.92 Å². The van der Waals surface area contributed by atoms with Crippen molar-refractivity contribution in [3.05, 3.63) is 0 Å². The Balaban J connectivity index is 2.34. The predicted molar refractivity (Wildman–Crippen MR) is 69.3 cm³/mol. The second-order valence-corrected chi connectivity index (χ2v) is 4.98. The molecule has 2 atom stereocenters. The van der Waals surface area contributed by atoms with Crippen LogP contribution in [0.15, 0.2) is 0 Å². The van der Waals surface area contributed by atoms with E-state index in [1.807, 2.05) is 13.8 Å². The third kappa shape index (κ3) is 4.74. The molecular formula is C13H24N2O3. The Bertz CT molecular complexity index is 294. The molecule has 18 heavy (non-hydrogen) atoms. The molecule has 0 aliphatic carbocycles. The lowest BCUT2D eigenvalue weighted by Crippen LogP contribution is -2.47. The van der Waals surface area contributed by atoms with E-state index in [4.69, 9.17) is 4.74 Å². The van der Waals surface area contributed by atoms with E-state index in [9.17, 15) is 9.59 Å². The summed E-state index contributed by atoms with van der Waals surface area (Å²) in [7, 11) is 1.62. The number of piperidine rings is 1. The highest BCUT2D eigenvalue weighted by Crippen LogP contribution is 2.15. The van der Waals surface area contributed by atoms with Gasteiger partial charge in [-0.3, -0.25) is 14.5 Å². The predicted octanol–water partition coefficient (Wildman–Crippen LogP) is 0.438. The lowest BCUT2D eigenvalue weighted by molar-refractivity contribution is -0.130. The number of ketones is 1. The molecule has 1 saturated heterocycles. The number of nitrogens with zero attached hydrogens (tertiary/aromatic N) is 1. The van der Waals surface area contributed by atoms with Crippen molar-refractivity contribution in [3.63, 3.8) is 0 Å². The van der Waals surface area contributed by atoms with Gasteiger partial charge in [-0.15, -0.1) is 0 Å². The quantitative estimate of drug-likeness (QED) is 0.749. The van der Waals surface area contributed by atoms with Gasteiger partial charge < -0.3 is 10.1 Å². The van der Waals surface area contributed by atoms with Gasteiger partial charge in [-0.2, -0.15) is 0 Å². The van der Waals surface area contributed by atoms with Gasteiger partial charge in [-0.1, -0.05) is 6.92 Å². The number of hydrogen-bond acceptors (Lipinski definition) is 4. The van der Waals surface area contributed by atoms with Crippen LogP contribution in [0.25, 0.3) is 0 Å². The highest BCUT2D eigenvalue weighted by molar-refractivity contribution is 5.83. The number of Topliss-reactive ketones (excluding diaryl/α,β-unsaturated/α-hetero) is 1. The van der Waals surface area contributed by atoms with E-state index in [1.165, 1.54) is 0 Å². The minimum Gasteiger partial charge on any atom is -0.383 e. The zero-order chi connectivity index (χ0) is 13.5. The van der Waals surface area contributed by atoms with E-state index < -0.39 is 0 Å². The molecule has 0 aromatic heterocycles. The molecule has 1 fully saturated rings. The number of likely N-dealkylation sites (tertiary alicyclic amines) is 1. The standard InChI is InChI=1S/C13H24N2O3/c1-4-11-7-15(6-5-12(11)16)8-13(17)14-10(2)9-18-3/h10-11H,4-9H2,1-3H3,(H,14,17). The molecule has 1 N–H and O–H groups in total. The maximum Gasteiger partial charge on any atom is 0.234 e. The SMILES string of the molecule is CCC1CN(CC(=O)NC(C)COC)CCC1=O. The summed E-state index contributed by atoms with van der Waals surface area (Å²) in [5.74, 6) is 0.439. The Hall–Kier alpha value is -0.940. The third-order valence-corrected chi connectivity index (χ3v) is 3.29. The van der Waals surface area contributed by atoms with Gasteiger partial charge in [0.05, 0.1) is 13.2 Å². The molecule has 0 spiro atoms. The average Bonchev–Trinajstić information content (AvgIpc) is 2.31. The maximum absolute atomic E-state index is 11.8. The molecule has 1 heterocycles. The van der Waals surface area contributed by atoms with Crippen molar-refractivity contribution < 1.29 is 14.3 Å². The largest absolute Gasteiger partial charge is 0.383 e. The van der Waals surface area contributed by atoms with E-state index in [1.54, 1.807) is 7.11 Å². The Labute approximate surface area is 109 Å². The number of ether oxygens (including phenoxy) is 1. The highest BCUT2D eigenvalue weighted by Gasteiger charge is 2.26. The monoisotopic (exact) mass is 256 g/mol. The number of rotatable bonds is 6. The van der Waals surface area contributed by atoms with Crippen LogP contribution in [-0.2, 0) is 14.3 Å². The van der Waals surface area contributed by atoms with Crippen LogP contribution < -0.4 is 5.32 Å². The molecule has 0 aromatic rings. The molecule has 0 radical (unpaired) electrons. The van der Waals surface area contributed by atoms with Crippen LogP contribution in [0.5, 0.6) is 0 Å². The smallest absolute Gasteiger partial charge is 0.234 e.